The van der Waals surface area contributed by atoms with Crippen LogP contribution in [0.5, 0.6) is 0 Å². The third-order valence-electron chi connectivity index (χ3n) is 2.56. The van der Waals surface area contributed by atoms with E-state index in [0.29, 0.717) is 12.5 Å². The molecule has 0 aliphatic heterocycles. The summed E-state index contributed by atoms with van der Waals surface area (Å²) in [5, 5.41) is 0. The zero-order valence-corrected chi connectivity index (χ0v) is 10.6. The summed E-state index contributed by atoms with van der Waals surface area (Å²) in [7, 11) is -3.26. The van der Waals surface area contributed by atoms with Gasteiger partial charge in [0.25, 0.3) is 10.1 Å². The summed E-state index contributed by atoms with van der Waals surface area (Å²) in [5.41, 5.74) is 0.283. The molecule has 0 saturated carbocycles. The first-order valence-electron chi connectivity index (χ1n) is 4.97. The molecule has 0 amide bonds. The Morgan fingerprint density at radius 1 is 1.29 bits per heavy atom. The summed E-state index contributed by atoms with van der Waals surface area (Å²) in [4.78, 5) is 0. The van der Waals surface area contributed by atoms with Crippen LogP contribution in [0.25, 0.3) is 0 Å². The highest BCUT2D eigenvalue weighted by molar-refractivity contribution is 7.85. The molecule has 86 valence electrons. The Labute approximate surface area is 88.0 Å². The van der Waals surface area contributed by atoms with E-state index in [2.05, 4.69) is 31.9 Å². The van der Waals surface area contributed by atoms with Crippen molar-refractivity contribution in [2.45, 2.75) is 40.5 Å². The second-order valence-electron chi connectivity index (χ2n) is 4.94. The molecule has 0 aromatic rings. The summed E-state index contributed by atoms with van der Waals surface area (Å²) in [5.74, 6) is 0.575. The van der Waals surface area contributed by atoms with Gasteiger partial charge in [0.1, 0.15) is 0 Å². The number of rotatable bonds is 5. The third kappa shape index (κ3) is 7.33. The molecule has 1 atom stereocenters. The van der Waals surface area contributed by atoms with E-state index >= 15 is 0 Å². The minimum absolute atomic E-state index is 0.283. The Morgan fingerprint density at radius 3 is 2.14 bits per heavy atom. The first kappa shape index (κ1) is 13.9. The molecule has 0 aliphatic rings. The number of hydrogen-bond acceptors (Lipinski definition) is 3. The minimum Gasteiger partial charge on any atom is -0.270 e. The van der Waals surface area contributed by atoms with Crippen LogP contribution in [-0.4, -0.2) is 21.3 Å². The fourth-order valence-corrected chi connectivity index (χ4v) is 1.45. The van der Waals surface area contributed by atoms with Crippen molar-refractivity contribution >= 4 is 10.1 Å². The van der Waals surface area contributed by atoms with E-state index < -0.39 is 10.1 Å². The van der Waals surface area contributed by atoms with E-state index in [-0.39, 0.29) is 5.41 Å². The molecule has 0 N–H and O–H groups in total. The Balaban J connectivity index is 3.66. The van der Waals surface area contributed by atoms with Crippen molar-refractivity contribution in [2.24, 2.45) is 11.3 Å². The lowest BCUT2D eigenvalue weighted by molar-refractivity contribution is 0.222. The van der Waals surface area contributed by atoms with Crippen molar-refractivity contribution in [3.05, 3.63) is 0 Å². The molecule has 0 heterocycles. The van der Waals surface area contributed by atoms with Gasteiger partial charge >= 0.3 is 0 Å². The molecule has 0 aliphatic carbocycles. The van der Waals surface area contributed by atoms with Gasteiger partial charge in [0.2, 0.25) is 0 Å². The molecule has 0 aromatic carbocycles. The lowest BCUT2D eigenvalue weighted by Crippen LogP contribution is -2.17. The fraction of sp³-hybridized carbons (Fsp3) is 1.00. The Morgan fingerprint density at radius 2 is 1.79 bits per heavy atom. The zero-order valence-electron chi connectivity index (χ0n) is 9.83. The summed E-state index contributed by atoms with van der Waals surface area (Å²) in [6, 6.07) is 0. The van der Waals surface area contributed by atoms with Crippen LogP contribution in [0, 0.1) is 11.3 Å². The van der Waals surface area contributed by atoms with Gasteiger partial charge in [-0.1, -0.05) is 27.7 Å². The molecule has 0 rings (SSSR count). The van der Waals surface area contributed by atoms with Gasteiger partial charge in [0.05, 0.1) is 12.9 Å². The highest BCUT2D eigenvalue weighted by Gasteiger charge is 2.19. The van der Waals surface area contributed by atoms with Gasteiger partial charge in [-0.3, -0.25) is 4.18 Å². The molecule has 0 saturated heterocycles. The summed E-state index contributed by atoms with van der Waals surface area (Å²) < 4.78 is 26.0. The van der Waals surface area contributed by atoms with Crippen LogP contribution in [0.1, 0.15) is 40.5 Å². The second kappa shape index (κ2) is 5.12. The normalized spacial score (nSPS) is 15.5. The molecule has 4 heteroatoms. The molecule has 0 fully saturated rings. The van der Waals surface area contributed by atoms with Gasteiger partial charge in [-0.15, -0.1) is 0 Å². The van der Waals surface area contributed by atoms with Crippen molar-refractivity contribution in [1.29, 1.82) is 0 Å². The van der Waals surface area contributed by atoms with Crippen molar-refractivity contribution in [3.8, 4) is 0 Å². The molecule has 3 nitrogen and oxygen atoms in total. The van der Waals surface area contributed by atoms with E-state index in [0.717, 1.165) is 19.1 Å². The van der Waals surface area contributed by atoms with Gasteiger partial charge in [-0.25, -0.2) is 0 Å². The molecule has 0 radical (unpaired) electrons. The SMILES string of the molecule is CC(CCCOS(C)(=O)=O)C(C)(C)C. The maximum atomic E-state index is 10.7. The minimum atomic E-state index is -3.26. The summed E-state index contributed by atoms with van der Waals surface area (Å²) in [6.07, 6.45) is 2.88. The monoisotopic (exact) mass is 222 g/mol. The van der Waals surface area contributed by atoms with Crippen molar-refractivity contribution in [1.82, 2.24) is 0 Å². The highest BCUT2D eigenvalue weighted by atomic mass is 32.2. The lowest BCUT2D eigenvalue weighted by Gasteiger charge is -2.26. The van der Waals surface area contributed by atoms with Crippen LogP contribution in [-0.2, 0) is 14.3 Å². The Kier molecular flexibility index (Phi) is 5.09. The summed E-state index contributed by atoms with van der Waals surface area (Å²) >= 11 is 0. The van der Waals surface area contributed by atoms with Crippen LogP contribution in [0.2, 0.25) is 0 Å². The topological polar surface area (TPSA) is 43.4 Å². The van der Waals surface area contributed by atoms with Crippen LogP contribution in [0.4, 0.5) is 0 Å². The third-order valence-corrected chi connectivity index (χ3v) is 3.15. The van der Waals surface area contributed by atoms with Crippen LogP contribution >= 0.6 is 0 Å². The quantitative estimate of drug-likeness (QED) is 0.530. The molecule has 0 spiro atoms. The van der Waals surface area contributed by atoms with E-state index in [1.807, 2.05) is 0 Å². The van der Waals surface area contributed by atoms with Crippen LogP contribution in [0.3, 0.4) is 0 Å². The average Bonchev–Trinajstić information content (AvgIpc) is 1.93. The predicted octanol–water partition coefficient (Wildman–Crippen LogP) is 2.43. The largest absolute Gasteiger partial charge is 0.270 e. The zero-order chi connectivity index (χ0) is 11.4. The molecular weight excluding hydrogens is 200 g/mol. The van der Waals surface area contributed by atoms with Gasteiger partial charge in [0, 0.05) is 0 Å². The maximum absolute atomic E-state index is 10.7. The van der Waals surface area contributed by atoms with E-state index in [1.54, 1.807) is 0 Å². The maximum Gasteiger partial charge on any atom is 0.264 e. The standard InChI is InChI=1S/C10H22O3S/c1-9(10(2,3)4)7-6-8-13-14(5,11)12/h9H,6-8H2,1-5H3. The van der Waals surface area contributed by atoms with E-state index in [4.69, 9.17) is 0 Å². The highest BCUT2D eigenvalue weighted by Crippen LogP contribution is 2.28. The van der Waals surface area contributed by atoms with Crippen LogP contribution < -0.4 is 0 Å². The van der Waals surface area contributed by atoms with Crippen molar-refractivity contribution in [3.63, 3.8) is 0 Å². The van der Waals surface area contributed by atoms with Gasteiger partial charge < -0.3 is 0 Å². The van der Waals surface area contributed by atoms with Gasteiger partial charge in [-0.05, 0) is 24.2 Å². The molecule has 0 bridgehead atoms. The Hall–Kier alpha value is -0.0900. The number of hydrogen-bond donors (Lipinski definition) is 0. The van der Waals surface area contributed by atoms with E-state index in [9.17, 15) is 8.42 Å². The van der Waals surface area contributed by atoms with Crippen LogP contribution in [0.15, 0.2) is 0 Å². The summed E-state index contributed by atoms with van der Waals surface area (Å²) in [6.45, 7) is 9.05. The smallest absolute Gasteiger partial charge is 0.264 e. The lowest BCUT2D eigenvalue weighted by atomic mass is 9.79. The van der Waals surface area contributed by atoms with Crippen molar-refractivity contribution < 1.29 is 12.6 Å². The first-order valence-corrected chi connectivity index (χ1v) is 6.79. The molecular formula is C10H22O3S. The molecule has 14 heavy (non-hydrogen) atoms. The molecule has 0 aromatic heterocycles. The van der Waals surface area contributed by atoms with Gasteiger partial charge in [-0.2, -0.15) is 8.42 Å². The van der Waals surface area contributed by atoms with Gasteiger partial charge in [0.15, 0.2) is 0 Å². The Bertz CT molecular complexity index is 249. The first-order chi connectivity index (χ1) is 6.13. The average molecular weight is 222 g/mol. The predicted molar refractivity (Wildman–Crippen MR) is 58.6 cm³/mol. The van der Waals surface area contributed by atoms with Crippen molar-refractivity contribution in [2.75, 3.05) is 12.9 Å². The fourth-order valence-electron chi connectivity index (χ4n) is 1.03. The molecule has 1 unspecified atom stereocenters. The second-order valence-corrected chi connectivity index (χ2v) is 6.58. The van der Waals surface area contributed by atoms with E-state index in [1.165, 1.54) is 0 Å².